The zero-order valence-electron chi connectivity index (χ0n) is 9.13. The third-order valence-electron chi connectivity index (χ3n) is 1.07. The zero-order chi connectivity index (χ0) is 11.4. The zero-order valence-corrected chi connectivity index (χ0v) is 14.8. The number of rotatable bonds is 5. The molecule has 0 aromatic rings. The molecule has 7 nitrogen and oxygen atoms in total. The fourth-order valence-electron chi connectivity index (χ4n) is 0.548. The van der Waals surface area contributed by atoms with Crippen molar-refractivity contribution in [2.24, 2.45) is 0 Å². The molecule has 1 atom stereocenters. The van der Waals surface area contributed by atoms with E-state index in [-0.39, 0.29) is 70.5 Å². The first-order valence-corrected chi connectivity index (χ1v) is 6.45. The molecular formula is C5H8NNa2O6PS. The number of hydrogen-bond acceptors (Lipinski definition) is 6. The van der Waals surface area contributed by atoms with E-state index in [2.05, 4.69) is 0 Å². The van der Waals surface area contributed by atoms with Crippen LogP contribution in [0.3, 0.4) is 0 Å². The first kappa shape index (κ1) is 22.6. The van der Waals surface area contributed by atoms with Crippen molar-refractivity contribution in [2.75, 3.05) is 6.54 Å². The summed E-state index contributed by atoms with van der Waals surface area (Å²) >= 11 is -0.0440. The van der Waals surface area contributed by atoms with Gasteiger partial charge in [0.15, 0.2) is 0 Å². The summed E-state index contributed by atoms with van der Waals surface area (Å²) in [5.74, 6) is -2.05. The van der Waals surface area contributed by atoms with Crippen LogP contribution in [0.1, 0.15) is 6.92 Å². The molecule has 0 aliphatic rings. The van der Waals surface area contributed by atoms with E-state index in [1.165, 1.54) is 6.92 Å². The van der Waals surface area contributed by atoms with Crippen LogP contribution in [0, 0.1) is 0 Å². The third-order valence-corrected chi connectivity index (χ3v) is 3.58. The van der Waals surface area contributed by atoms with Gasteiger partial charge in [-0.1, -0.05) is 0 Å². The van der Waals surface area contributed by atoms with Gasteiger partial charge in [-0.15, -0.1) is 11.4 Å². The molecule has 1 unspecified atom stereocenters. The van der Waals surface area contributed by atoms with Gasteiger partial charge in [0.1, 0.15) is 6.54 Å². The predicted octanol–water partition coefficient (Wildman–Crippen LogP) is -7.85. The summed E-state index contributed by atoms with van der Waals surface area (Å²) in [5, 5.41) is 9.01. The Kier molecular flexibility index (Phi) is 14.7. The molecule has 11 heteroatoms. The van der Waals surface area contributed by atoms with Crippen LogP contribution in [-0.4, -0.2) is 28.8 Å². The Balaban J connectivity index is -0.000000845. The third kappa shape index (κ3) is 13.5. The number of carbonyl (C=O) groups excluding carboxylic acids is 1. The van der Waals surface area contributed by atoms with Gasteiger partial charge in [-0.2, -0.15) is 0 Å². The second-order valence-corrected chi connectivity index (χ2v) is 6.09. The normalized spacial score (nSPS) is 11.7. The quantitative estimate of drug-likeness (QED) is 0.379. The molecule has 82 valence electrons. The largest absolute Gasteiger partial charge is 1.00 e. The standard InChI is InChI=1S/C5H10NO6PS.2Na/c1-3(14-13(10,11)12)5(9)6-2-4(7)8;;/h3H,2H2,1H3,(H,6,9)(H,7,8)(H2,10,11,12);;/q;2*+1/p-2. The van der Waals surface area contributed by atoms with Gasteiger partial charge in [0.05, 0.1) is 5.25 Å². The van der Waals surface area contributed by atoms with Crippen molar-refractivity contribution < 1.29 is 88.2 Å². The minimum Gasteiger partial charge on any atom is -0.803 e. The molecule has 0 radical (unpaired) electrons. The van der Waals surface area contributed by atoms with Crippen molar-refractivity contribution in [3.05, 3.63) is 0 Å². The average Bonchev–Trinajstić information content (AvgIpc) is 1.96. The molecule has 2 N–H and O–H groups in total. The van der Waals surface area contributed by atoms with Gasteiger partial charge >= 0.3 is 65.1 Å². The van der Waals surface area contributed by atoms with Crippen molar-refractivity contribution in [1.29, 1.82) is 0 Å². The smallest absolute Gasteiger partial charge is 0.803 e. The van der Waals surface area contributed by atoms with E-state index >= 15 is 0 Å². The molecule has 0 bridgehead atoms. The second kappa shape index (κ2) is 10.4. The van der Waals surface area contributed by atoms with E-state index in [0.29, 0.717) is 0 Å². The molecular weight excluding hydrogens is 279 g/mol. The van der Waals surface area contributed by atoms with Crippen LogP contribution in [-0.2, 0) is 14.2 Å². The molecule has 0 fully saturated rings. The summed E-state index contributed by atoms with van der Waals surface area (Å²) in [5.41, 5.74) is 0. The molecule has 0 heterocycles. The Morgan fingerprint density at radius 3 is 2.19 bits per heavy atom. The Morgan fingerprint density at radius 2 is 1.88 bits per heavy atom. The minimum absolute atomic E-state index is 0. The van der Waals surface area contributed by atoms with Crippen LogP contribution in [0.25, 0.3) is 0 Å². The number of carbonyl (C=O) groups is 2. The molecule has 0 aliphatic heterocycles. The molecule has 0 aromatic heterocycles. The van der Waals surface area contributed by atoms with Gasteiger partial charge in [0.2, 0.25) is 5.91 Å². The SMILES string of the molecule is CC(SP(=O)([O-])[O-])C(=O)NCC(=O)O.[Na+].[Na+]. The van der Waals surface area contributed by atoms with Crippen molar-refractivity contribution in [3.8, 4) is 0 Å². The molecule has 0 spiro atoms. The molecule has 0 aliphatic carbocycles. The monoisotopic (exact) mass is 287 g/mol. The Morgan fingerprint density at radius 1 is 1.44 bits per heavy atom. The maximum atomic E-state index is 10.9. The molecule has 1 amide bonds. The predicted molar refractivity (Wildman–Crippen MR) is 45.3 cm³/mol. The topological polar surface area (TPSA) is 130 Å². The van der Waals surface area contributed by atoms with E-state index in [0.717, 1.165) is 0 Å². The van der Waals surface area contributed by atoms with Gasteiger partial charge < -0.3 is 24.8 Å². The summed E-state index contributed by atoms with van der Waals surface area (Å²) in [6.07, 6.45) is 0. The van der Waals surface area contributed by atoms with Gasteiger partial charge in [-0.25, -0.2) is 0 Å². The van der Waals surface area contributed by atoms with Crippen LogP contribution >= 0.6 is 18.2 Å². The maximum absolute atomic E-state index is 10.9. The van der Waals surface area contributed by atoms with Crippen molar-refractivity contribution in [1.82, 2.24) is 5.32 Å². The summed E-state index contributed by atoms with van der Waals surface area (Å²) in [6.45, 7) is -4.22. The number of carboxylic acid groups (broad SMARTS) is 1. The van der Waals surface area contributed by atoms with Gasteiger partial charge in [0.25, 0.3) is 0 Å². The van der Waals surface area contributed by atoms with E-state index < -0.39 is 30.5 Å². The van der Waals surface area contributed by atoms with Crippen LogP contribution in [0.2, 0.25) is 0 Å². The fraction of sp³-hybridized carbons (Fsp3) is 0.600. The Labute approximate surface area is 141 Å². The number of amides is 1. The van der Waals surface area contributed by atoms with E-state index in [9.17, 15) is 23.9 Å². The molecule has 0 saturated heterocycles. The average molecular weight is 287 g/mol. The minimum atomic E-state index is -4.81. The summed E-state index contributed by atoms with van der Waals surface area (Å²) in [6, 6.07) is 0. The van der Waals surface area contributed by atoms with E-state index in [4.69, 9.17) is 5.11 Å². The van der Waals surface area contributed by atoms with Gasteiger partial charge in [0, 0.05) is 0 Å². The number of hydrogen-bond donors (Lipinski definition) is 2. The Bertz CT molecular complexity index is 284. The van der Waals surface area contributed by atoms with Crippen LogP contribution in [0.4, 0.5) is 0 Å². The summed E-state index contributed by atoms with van der Waals surface area (Å²) < 4.78 is 10.2. The number of carboxylic acids is 1. The summed E-state index contributed by atoms with van der Waals surface area (Å²) in [7, 11) is 0. The first-order valence-electron chi connectivity index (χ1n) is 3.42. The second-order valence-electron chi connectivity index (χ2n) is 2.31. The van der Waals surface area contributed by atoms with E-state index in [1.54, 1.807) is 0 Å². The number of nitrogens with one attached hydrogen (secondary N) is 1. The van der Waals surface area contributed by atoms with Gasteiger partial charge in [-0.3, -0.25) is 9.59 Å². The fourth-order valence-corrected chi connectivity index (χ4v) is 2.56. The van der Waals surface area contributed by atoms with E-state index in [1.807, 2.05) is 5.32 Å². The molecule has 16 heavy (non-hydrogen) atoms. The maximum Gasteiger partial charge on any atom is 1.00 e. The van der Waals surface area contributed by atoms with Crippen LogP contribution in [0.5, 0.6) is 0 Å². The van der Waals surface area contributed by atoms with Gasteiger partial charge in [-0.05, 0) is 13.7 Å². The van der Waals surface area contributed by atoms with Crippen molar-refractivity contribution in [3.63, 3.8) is 0 Å². The molecule has 0 saturated carbocycles. The molecule has 0 aromatic carbocycles. The Hall–Kier alpha value is 1.44. The number of aliphatic carboxylic acids is 1. The van der Waals surface area contributed by atoms with Crippen LogP contribution in [0.15, 0.2) is 0 Å². The first-order chi connectivity index (χ1) is 6.22. The summed E-state index contributed by atoms with van der Waals surface area (Å²) in [4.78, 5) is 41.4. The van der Waals surface area contributed by atoms with Crippen molar-refractivity contribution >= 4 is 30.1 Å². The van der Waals surface area contributed by atoms with Crippen LogP contribution < -0.4 is 74.2 Å². The van der Waals surface area contributed by atoms with Crippen molar-refractivity contribution in [2.45, 2.75) is 12.2 Å². The molecule has 0 rings (SSSR count).